The molecule has 0 saturated carbocycles. The summed E-state index contributed by atoms with van der Waals surface area (Å²) in [6, 6.07) is 8.72. The van der Waals surface area contributed by atoms with Crippen molar-refractivity contribution in [3.63, 3.8) is 0 Å². The van der Waals surface area contributed by atoms with Crippen molar-refractivity contribution in [1.29, 1.82) is 0 Å². The van der Waals surface area contributed by atoms with Crippen LogP contribution in [0.25, 0.3) is 17.1 Å². The summed E-state index contributed by atoms with van der Waals surface area (Å²) in [4.78, 5) is 12.7. The van der Waals surface area contributed by atoms with E-state index < -0.39 is 14.8 Å². The van der Waals surface area contributed by atoms with Gasteiger partial charge in [-0.05, 0) is 38.1 Å². The molecule has 0 amide bonds. The van der Waals surface area contributed by atoms with Gasteiger partial charge in [0.25, 0.3) is 0 Å². The molecule has 194 valence electrons. The van der Waals surface area contributed by atoms with Crippen molar-refractivity contribution in [2.24, 2.45) is 0 Å². The number of methoxy groups -OCH3 is 3. The van der Waals surface area contributed by atoms with Crippen molar-refractivity contribution in [3.05, 3.63) is 66.5 Å². The SMILES string of the molecule is COCC(C)(c1cnc(C)cn1)S(=O)(=O)Nc1nnc(-c2cccnc2)n1-c1c(OC)cccc1OC. The largest absolute Gasteiger partial charge is 0.494 e. The molecule has 37 heavy (non-hydrogen) atoms. The van der Waals surface area contributed by atoms with Crippen LogP contribution in [-0.2, 0) is 19.5 Å². The predicted octanol–water partition coefficient (Wildman–Crippen LogP) is 2.75. The molecule has 1 aromatic carbocycles. The average Bonchev–Trinajstić information content (AvgIpc) is 3.31. The van der Waals surface area contributed by atoms with Crippen LogP contribution in [0.3, 0.4) is 0 Å². The first kappa shape index (κ1) is 26.0. The molecule has 1 unspecified atom stereocenters. The number of benzene rings is 1. The van der Waals surface area contributed by atoms with Crippen molar-refractivity contribution < 1.29 is 22.6 Å². The Labute approximate surface area is 214 Å². The molecule has 0 aliphatic rings. The van der Waals surface area contributed by atoms with E-state index in [-0.39, 0.29) is 18.2 Å². The van der Waals surface area contributed by atoms with Crippen LogP contribution in [0.1, 0.15) is 18.3 Å². The van der Waals surface area contributed by atoms with E-state index >= 15 is 0 Å². The van der Waals surface area contributed by atoms with Gasteiger partial charge in [0.15, 0.2) is 10.6 Å². The summed E-state index contributed by atoms with van der Waals surface area (Å²) in [5.41, 5.74) is 1.86. The Morgan fingerprint density at radius 1 is 0.973 bits per heavy atom. The van der Waals surface area contributed by atoms with E-state index in [1.807, 2.05) is 0 Å². The highest BCUT2D eigenvalue weighted by atomic mass is 32.2. The number of nitrogens with zero attached hydrogens (tertiary/aromatic N) is 6. The highest BCUT2D eigenvalue weighted by Crippen LogP contribution is 2.38. The monoisotopic (exact) mass is 525 g/mol. The van der Waals surface area contributed by atoms with E-state index in [9.17, 15) is 8.42 Å². The maximum Gasteiger partial charge on any atom is 0.248 e. The second kappa shape index (κ2) is 10.5. The summed E-state index contributed by atoms with van der Waals surface area (Å²) in [7, 11) is 0.179. The lowest BCUT2D eigenvalue weighted by atomic mass is 10.1. The molecule has 12 nitrogen and oxygen atoms in total. The normalized spacial score (nSPS) is 13.1. The number of para-hydroxylation sites is 1. The van der Waals surface area contributed by atoms with Gasteiger partial charge in [-0.1, -0.05) is 6.07 Å². The van der Waals surface area contributed by atoms with Crippen LogP contribution in [0.2, 0.25) is 0 Å². The molecule has 0 aliphatic heterocycles. The van der Waals surface area contributed by atoms with Gasteiger partial charge in [-0.25, -0.2) is 8.42 Å². The Kier molecular flexibility index (Phi) is 7.36. The number of ether oxygens (including phenoxy) is 3. The van der Waals surface area contributed by atoms with E-state index in [2.05, 4.69) is 29.9 Å². The second-order valence-electron chi connectivity index (χ2n) is 8.25. The average molecular weight is 526 g/mol. The van der Waals surface area contributed by atoms with Crippen molar-refractivity contribution in [3.8, 4) is 28.6 Å². The molecule has 0 saturated heterocycles. The molecule has 0 fully saturated rings. The van der Waals surface area contributed by atoms with Crippen molar-refractivity contribution in [2.45, 2.75) is 18.6 Å². The zero-order valence-electron chi connectivity index (χ0n) is 21.0. The first-order valence-corrected chi connectivity index (χ1v) is 12.6. The minimum atomic E-state index is -4.24. The Hall–Kier alpha value is -4.10. The molecule has 4 aromatic rings. The molecular formula is C24H27N7O5S. The highest BCUT2D eigenvalue weighted by molar-refractivity contribution is 7.93. The van der Waals surface area contributed by atoms with Crippen LogP contribution in [0, 0.1) is 6.92 Å². The summed E-state index contributed by atoms with van der Waals surface area (Å²) < 4.78 is 46.8. The maximum absolute atomic E-state index is 13.9. The zero-order chi connectivity index (χ0) is 26.6. The lowest BCUT2D eigenvalue weighted by molar-refractivity contribution is 0.168. The zero-order valence-corrected chi connectivity index (χ0v) is 21.9. The quantitative estimate of drug-likeness (QED) is 0.328. The maximum atomic E-state index is 13.9. The topological polar surface area (TPSA) is 143 Å². The lowest BCUT2D eigenvalue weighted by Gasteiger charge is -2.28. The van der Waals surface area contributed by atoms with Gasteiger partial charge in [-0.15, -0.1) is 10.2 Å². The highest BCUT2D eigenvalue weighted by Gasteiger charge is 2.44. The number of nitrogens with one attached hydrogen (secondary N) is 1. The number of sulfonamides is 1. The Morgan fingerprint density at radius 3 is 2.27 bits per heavy atom. The van der Waals surface area contributed by atoms with Crippen molar-refractivity contribution in [2.75, 3.05) is 32.7 Å². The van der Waals surface area contributed by atoms with E-state index in [0.717, 1.165) is 0 Å². The van der Waals surface area contributed by atoms with E-state index in [0.29, 0.717) is 34.3 Å². The number of pyridine rings is 1. The molecule has 0 bridgehead atoms. The molecule has 3 heterocycles. The number of hydrogen-bond acceptors (Lipinski definition) is 10. The summed E-state index contributed by atoms with van der Waals surface area (Å²) in [6.45, 7) is 3.08. The van der Waals surface area contributed by atoms with Gasteiger partial charge in [0.2, 0.25) is 16.0 Å². The van der Waals surface area contributed by atoms with Crippen LogP contribution in [0.4, 0.5) is 5.95 Å². The molecular weight excluding hydrogens is 498 g/mol. The van der Waals surface area contributed by atoms with E-state index in [4.69, 9.17) is 14.2 Å². The third kappa shape index (κ3) is 4.82. The van der Waals surface area contributed by atoms with Crippen LogP contribution in [0.5, 0.6) is 11.5 Å². The van der Waals surface area contributed by atoms with E-state index in [1.165, 1.54) is 45.2 Å². The summed E-state index contributed by atoms with van der Waals surface area (Å²) >= 11 is 0. The lowest BCUT2D eigenvalue weighted by Crippen LogP contribution is -2.42. The summed E-state index contributed by atoms with van der Waals surface area (Å²) in [6.07, 6.45) is 6.14. The molecule has 1 atom stereocenters. The molecule has 0 spiro atoms. The third-order valence-electron chi connectivity index (χ3n) is 5.77. The predicted molar refractivity (Wildman–Crippen MR) is 136 cm³/mol. The third-order valence-corrected chi connectivity index (χ3v) is 7.73. The fourth-order valence-corrected chi connectivity index (χ4v) is 5.01. The van der Waals surface area contributed by atoms with Gasteiger partial charge in [0, 0.05) is 31.3 Å². The Balaban J connectivity index is 1.92. The van der Waals surface area contributed by atoms with Gasteiger partial charge in [0.1, 0.15) is 17.2 Å². The smallest absolute Gasteiger partial charge is 0.248 e. The minimum Gasteiger partial charge on any atom is -0.494 e. The van der Waals surface area contributed by atoms with Crippen molar-refractivity contribution >= 4 is 16.0 Å². The second-order valence-corrected chi connectivity index (χ2v) is 10.4. The van der Waals surface area contributed by atoms with E-state index in [1.54, 1.807) is 49.6 Å². The number of hydrogen-bond donors (Lipinski definition) is 1. The number of rotatable bonds is 10. The Morgan fingerprint density at radius 2 is 1.70 bits per heavy atom. The van der Waals surface area contributed by atoms with Gasteiger partial charge in [0.05, 0.1) is 38.4 Å². The summed E-state index contributed by atoms with van der Waals surface area (Å²) in [5, 5.41) is 8.48. The van der Waals surface area contributed by atoms with Crippen LogP contribution in [-0.4, -0.2) is 66.1 Å². The van der Waals surface area contributed by atoms with Crippen LogP contribution < -0.4 is 14.2 Å². The standard InChI is InChI=1S/C24H27N7O5S/c1-16-12-27-20(14-26-16)24(2,15-34-3)37(32,33)30-23-29-28-22(17-8-7-11-25-13-17)31(23)21-18(35-4)9-6-10-19(21)36-5/h6-14H,15H2,1-5H3,(H,29,30). The Bertz CT molecular complexity index is 1460. The summed E-state index contributed by atoms with van der Waals surface area (Å²) in [5.74, 6) is 1.05. The first-order valence-electron chi connectivity index (χ1n) is 11.1. The number of aryl methyl sites for hydroxylation is 1. The fraction of sp³-hybridized carbons (Fsp3) is 0.292. The molecule has 4 rings (SSSR count). The van der Waals surface area contributed by atoms with Gasteiger partial charge >= 0.3 is 0 Å². The number of anilines is 1. The molecule has 1 N–H and O–H groups in total. The van der Waals surface area contributed by atoms with Gasteiger partial charge < -0.3 is 14.2 Å². The number of aromatic nitrogens is 6. The molecule has 0 aliphatic carbocycles. The molecule has 0 radical (unpaired) electrons. The van der Waals surface area contributed by atoms with Gasteiger partial charge in [-0.2, -0.15) is 0 Å². The molecule has 3 aromatic heterocycles. The fourth-order valence-electron chi connectivity index (χ4n) is 3.76. The first-order chi connectivity index (χ1) is 17.8. The molecule has 13 heteroatoms. The van der Waals surface area contributed by atoms with Crippen molar-refractivity contribution in [1.82, 2.24) is 29.7 Å². The van der Waals surface area contributed by atoms with Crippen LogP contribution >= 0.6 is 0 Å². The minimum absolute atomic E-state index is 0.0935. The van der Waals surface area contributed by atoms with Gasteiger partial charge in [-0.3, -0.25) is 24.2 Å². The van der Waals surface area contributed by atoms with Crippen LogP contribution in [0.15, 0.2) is 55.1 Å².